The van der Waals surface area contributed by atoms with Gasteiger partial charge in [-0.1, -0.05) is 85.5 Å². The highest BCUT2D eigenvalue weighted by molar-refractivity contribution is 6.96. The maximum atomic E-state index is 5.24. The minimum absolute atomic E-state index is 0.905. The molecular weight excluding hydrogens is 324 g/mol. The van der Waals surface area contributed by atoms with Crippen molar-refractivity contribution >= 4 is 26.5 Å². The zero-order valence-electron chi connectivity index (χ0n) is 15.3. The molecule has 3 heteroatoms. The Bertz CT molecular complexity index is 748. The van der Waals surface area contributed by atoms with Crippen LogP contribution in [0.4, 0.5) is 0 Å². The van der Waals surface area contributed by atoms with Crippen LogP contribution in [0, 0.1) is 11.5 Å². The minimum Gasteiger partial charge on any atom is -0.497 e. The largest absolute Gasteiger partial charge is 0.497 e. The summed E-state index contributed by atoms with van der Waals surface area (Å²) in [6.07, 6.45) is 2.06. The Morgan fingerprint density at radius 1 is 0.833 bits per heavy atom. The molecule has 0 aliphatic carbocycles. The van der Waals surface area contributed by atoms with Gasteiger partial charge in [0.05, 0.1) is 7.11 Å². The fourth-order valence-electron chi connectivity index (χ4n) is 2.52. The van der Waals surface area contributed by atoms with Gasteiger partial charge < -0.3 is 4.74 Å². The average Bonchev–Trinajstić information content (AvgIpc) is 2.59. The number of hydrogen-bond donors (Lipinski definition) is 0. The van der Waals surface area contributed by atoms with Gasteiger partial charge in [-0.3, -0.25) is 0 Å². The molecule has 0 fully saturated rings. The van der Waals surface area contributed by atoms with Crippen molar-refractivity contribution in [3.05, 3.63) is 66.4 Å². The number of benzene rings is 2. The van der Waals surface area contributed by atoms with Crippen molar-refractivity contribution in [1.29, 1.82) is 0 Å². The van der Waals surface area contributed by atoms with E-state index in [4.69, 9.17) is 4.74 Å². The Balaban J connectivity index is 2.13. The lowest BCUT2D eigenvalue weighted by Gasteiger charge is -2.18. The van der Waals surface area contributed by atoms with Crippen LogP contribution in [0.25, 0.3) is 0 Å². The third-order valence-electron chi connectivity index (χ3n) is 4.30. The zero-order valence-corrected chi connectivity index (χ0v) is 17.3. The van der Waals surface area contributed by atoms with Crippen molar-refractivity contribution in [2.75, 3.05) is 7.11 Å². The van der Waals surface area contributed by atoms with Crippen LogP contribution >= 0.6 is 0 Å². The number of allylic oxidation sites excluding steroid dienone is 1. The van der Waals surface area contributed by atoms with Crippen LogP contribution in [0.15, 0.2) is 66.4 Å². The SMILES string of the molecule is COc1ccc([Si](C)(C)/C=C/C#C[Si](C)(C)c2ccccc2)cc1. The summed E-state index contributed by atoms with van der Waals surface area (Å²) in [4.78, 5) is 0. The molecule has 0 saturated carbocycles. The molecule has 24 heavy (non-hydrogen) atoms. The normalized spacial score (nSPS) is 11.9. The third-order valence-corrected chi connectivity index (χ3v) is 9.66. The van der Waals surface area contributed by atoms with E-state index < -0.39 is 16.1 Å². The van der Waals surface area contributed by atoms with Gasteiger partial charge in [-0.25, -0.2) is 0 Å². The van der Waals surface area contributed by atoms with Crippen LogP contribution in [-0.2, 0) is 0 Å². The quantitative estimate of drug-likeness (QED) is 0.601. The first-order valence-electron chi connectivity index (χ1n) is 8.26. The van der Waals surface area contributed by atoms with Gasteiger partial charge in [0, 0.05) is 0 Å². The van der Waals surface area contributed by atoms with Crippen LogP contribution in [0.2, 0.25) is 26.2 Å². The van der Waals surface area contributed by atoms with E-state index in [2.05, 4.69) is 91.9 Å². The fraction of sp³-hybridized carbons (Fsp3) is 0.238. The molecule has 0 heterocycles. The molecule has 0 amide bonds. The second kappa shape index (κ2) is 7.70. The monoisotopic (exact) mass is 350 g/mol. The molecule has 2 rings (SSSR count). The van der Waals surface area contributed by atoms with Crippen molar-refractivity contribution in [3.63, 3.8) is 0 Å². The Kier molecular flexibility index (Phi) is 5.87. The van der Waals surface area contributed by atoms with Crippen molar-refractivity contribution < 1.29 is 4.74 Å². The second-order valence-electron chi connectivity index (χ2n) is 7.04. The Labute approximate surface area is 148 Å². The summed E-state index contributed by atoms with van der Waals surface area (Å²) in [6.45, 7) is 9.28. The van der Waals surface area contributed by atoms with E-state index in [1.54, 1.807) is 7.11 Å². The fourth-order valence-corrected chi connectivity index (χ4v) is 5.85. The van der Waals surface area contributed by atoms with Gasteiger partial charge in [0.2, 0.25) is 0 Å². The molecule has 124 valence electrons. The standard InChI is InChI=1S/C21H26OSi2/c1-22-19-13-15-21(16-14-19)24(4,5)18-10-9-17-23(2,3)20-11-7-6-8-12-20/h6-8,10-16,18H,1-5H3/b18-10+. The first kappa shape index (κ1) is 18.3. The summed E-state index contributed by atoms with van der Waals surface area (Å²) >= 11 is 0. The van der Waals surface area contributed by atoms with E-state index in [-0.39, 0.29) is 0 Å². The topological polar surface area (TPSA) is 9.23 Å². The van der Waals surface area contributed by atoms with E-state index in [0.717, 1.165) is 5.75 Å². The molecule has 0 spiro atoms. The summed E-state index contributed by atoms with van der Waals surface area (Å²) in [6, 6.07) is 19.1. The van der Waals surface area contributed by atoms with Gasteiger partial charge in [0.15, 0.2) is 8.07 Å². The lowest BCUT2D eigenvalue weighted by molar-refractivity contribution is 0.415. The smallest absolute Gasteiger partial charge is 0.163 e. The summed E-state index contributed by atoms with van der Waals surface area (Å²) in [5.74, 6) is 4.22. The van der Waals surface area contributed by atoms with E-state index in [1.165, 1.54) is 10.4 Å². The summed E-state index contributed by atoms with van der Waals surface area (Å²) in [7, 11) is -1.59. The van der Waals surface area contributed by atoms with Crippen LogP contribution in [-0.4, -0.2) is 23.3 Å². The molecule has 0 aromatic heterocycles. The molecule has 2 aromatic carbocycles. The van der Waals surface area contributed by atoms with Crippen LogP contribution < -0.4 is 15.1 Å². The first-order chi connectivity index (χ1) is 11.3. The molecule has 1 nitrogen and oxygen atoms in total. The van der Waals surface area contributed by atoms with Crippen LogP contribution in [0.3, 0.4) is 0 Å². The second-order valence-corrected chi connectivity index (χ2v) is 15.5. The summed E-state index contributed by atoms with van der Waals surface area (Å²) in [5.41, 5.74) is 5.84. The predicted octanol–water partition coefficient (Wildman–Crippen LogP) is 3.86. The predicted molar refractivity (Wildman–Crippen MR) is 111 cm³/mol. The van der Waals surface area contributed by atoms with Crippen molar-refractivity contribution in [2.45, 2.75) is 26.2 Å². The number of rotatable bonds is 4. The van der Waals surface area contributed by atoms with Crippen LogP contribution in [0.5, 0.6) is 5.75 Å². The molecule has 0 aliphatic rings. The van der Waals surface area contributed by atoms with E-state index in [9.17, 15) is 0 Å². The molecule has 0 unspecified atom stereocenters. The maximum absolute atomic E-state index is 5.24. The molecule has 0 atom stereocenters. The molecule has 0 aliphatic heterocycles. The van der Waals surface area contributed by atoms with Crippen molar-refractivity contribution in [2.24, 2.45) is 0 Å². The lowest BCUT2D eigenvalue weighted by Crippen LogP contribution is -2.40. The average molecular weight is 351 g/mol. The molecule has 0 bridgehead atoms. The van der Waals surface area contributed by atoms with E-state index in [0.29, 0.717) is 0 Å². The molecule has 0 radical (unpaired) electrons. The van der Waals surface area contributed by atoms with Crippen LogP contribution in [0.1, 0.15) is 0 Å². The number of hydrogen-bond acceptors (Lipinski definition) is 1. The van der Waals surface area contributed by atoms with E-state index >= 15 is 0 Å². The maximum Gasteiger partial charge on any atom is 0.163 e. The van der Waals surface area contributed by atoms with E-state index in [1.807, 2.05) is 12.1 Å². The molecule has 2 aromatic rings. The Morgan fingerprint density at radius 3 is 2.04 bits per heavy atom. The van der Waals surface area contributed by atoms with Gasteiger partial charge >= 0.3 is 0 Å². The molecule has 0 saturated heterocycles. The van der Waals surface area contributed by atoms with Gasteiger partial charge in [-0.2, -0.15) is 0 Å². The molecular formula is C21H26OSi2. The highest BCUT2D eigenvalue weighted by atomic mass is 28.3. The molecule has 0 N–H and O–H groups in total. The van der Waals surface area contributed by atoms with Gasteiger partial charge in [-0.05, 0) is 23.4 Å². The highest BCUT2D eigenvalue weighted by Crippen LogP contribution is 2.11. The summed E-state index contributed by atoms with van der Waals surface area (Å²) in [5, 5.41) is 2.78. The van der Waals surface area contributed by atoms with Crippen molar-refractivity contribution in [3.8, 4) is 17.2 Å². The summed E-state index contributed by atoms with van der Waals surface area (Å²) < 4.78 is 5.24. The van der Waals surface area contributed by atoms with Crippen molar-refractivity contribution in [1.82, 2.24) is 0 Å². The Morgan fingerprint density at radius 2 is 1.46 bits per heavy atom. The lowest BCUT2D eigenvalue weighted by atomic mass is 10.3. The van der Waals surface area contributed by atoms with Gasteiger partial charge in [0.25, 0.3) is 0 Å². The highest BCUT2D eigenvalue weighted by Gasteiger charge is 2.21. The number of ether oxygens (including phenoxy) is 1. The Hall–Kier alpha value is -2.03. The minimum atomic E-state index is -1.68. The zero-order chi connectivity index (χ0) is 17.6. The van der Waals surface area contributed by atoms with Gasteiger partial charge in [0.1, 0.15) is 13.8 Å². The van der Waals surface area contributed by atoms with Gasteiger partial charge in [-0.15, -0.1) is 5.54 Å². The first-order valence-corrected chi connectivity index (χ1v) is 14.3. The third kappa shape index (κ3) is 4.73. The number of methoxy groups -OCH3 is 1.